The minimum absolute atomic E-state index is 0.326. The molecule has 0 fully saturated rings. The van der Waals surface area contributed by atoms with Gasteiger partial charge < -0.3 is 4.90 Å². The molecule has 4 aromatic carbocycles. The minimum Gasteiger partial charge on any atom is -0.372 e. The standard InChI is InChI=1S/C31H31N.4C2H6/c1-5-32(6-2)29-19-11-18-28-30(29)26-16-7-8-17-27(26)31(28,24-14-9-12-22(3)20-24)25-15-10-13-23(4)21-25;4*1-2/h7-21H,5-6H2,1-4H3;4*1-2H3. The first-order valence-corrected chi connectivity index (χ1v) is 15.7. The molecular weight excluding hydrogens is 482 g/mol. The summed E-state index contributed by atoms with van der Waals surface area (Å²) in [5, 5.41) is 0. The van der Waals surface area contributed by atoms with E-state index in [4.69, 9.17) is 0 Å². The summed E-state index contributed by atoms with van der Waals surface area (Å²) in [4.78, 5) is 2.48. The Morgan fingerprint density at radius 3 is 1.45 bits per heavy atom. The van der Waals surface area contributed by atoms with Crippen molar-refractivity contribution in [2.24, 2.45) is 0 Å². The van der Waals surface area contributed by atoms with Crippen LogP contribution in [0.4, 0.5) is 5.69 Å². The van der Waals surface area contributed by atoms with Crippen molar-refractivity contribution in [3.05, 3.63) is 124 Å². The summed E-state index contributed by atoms with van der Waals surface area (Å²) >= 11 is 0. The Kier molecular flexibility index (Phi) is 15.1. The molecule has 0 saturated heterocycles. The highest BCUT2D eigenvalue weighted by atomic mass is 15.1. The van der Waals surface area contributed by atoms with Crippen LogP contribution in [0.5, 0.6) is 0 Å². The van der Waals surface area contributed by atoms with Gasteiger partial charge in [-0.25, -0.2) is 0 Å². The Morgan fingerprint density at radius 1 is 0.525 bits per heavy atom. The third-order valence-corrected chi connectivity index (χ3v) is 7.05. The molecule has 0 saturated carbocycles. The van der Waals surface area contributed by atoms with E-state index in [1.54, 1.807) is 0 Å². The third kappa shape index (κ3) is 6.52. The van der Waals surface area contributed by atoms with E-state index in [9.17, 15) is 0 Å². The average molecular weight is 538 g/mol. The molecule has 5 rings (SSSR count). The van der Waals surface area contributed by atoms with Gasteiger partial charge in [0.25, 0.3) is 0 Å². The van der Waals surface area contributed by atoms with Crippen molar-refractivity contribution in [3.63, 3.8) is 0 Å². The number of hydrogen-bond acceptors (Lipinski definition) is 1. The van der Waals surface area contributed by atoms with Gasteiger partial charge in [-0.1, -0.05) is 151 Å². The van der Waals surface area contributed by atoms with Crippen LogP contribution in [0.15, 0.2) is 91.0 Å². The van der Waals surface area contributed by atoms with Gasteiger partial charge in [0.2, 0.25) is 0 Å². The Bertz CT molecular complexity index is 1230. The average Bonchev–Trinajstić information content (AvgIpc) is 3.34. The first-order chi connectivity index (χ1) is 19.6. The topological polar surface area (TPSA) is 3.24 Å². The number of fused-ring (bicyclic) bond motifs is 3. The van der Waals surface area contributed by atoms with Crippen molar-refractivity contribution < 1.29 is 0 Å². The van der Waals surface area contributed by atoms with Gasteiger partial charge in [0, 0.05) is 24.3 Å². The fourth-order valence-corrected chi connectivity index (χ4v) is 5.68. The molecule has 0 bridgehead atoms. The van der Waals surface area contributed by atoms with Crippen LogP contribution in [0.1, 0.15) is 103 Å². The van der Waals surface area contributed by atoms with Gasteiger partial charge in [0.1, 0.15) is 0 Å². The summed E-state index contributed by atoms with van der Waals surface area (Å²) in [5.74, 6) is 0. The van der Waals surface area contributed by atoms with Crippen molar-refractivity contribution in [1.82, 2.24) is 0 Å². The number of hydrogen-bond donors (Lipinski definition) is 0. The summed E-state index contributed by atoms with van der Waals surface area (Å²) in [5.41, 5.74) is 11.8. The van der Waals surface area contributed by atoms with Crippen molar-refractivity contribution >= 4 is 5.69 Å². The van der Waals surface area contributed by atoms with E-state index in [2.05, 4.69) is 124 Å². The summed E-state index contributed by atoms with van der Waals surface area (Å²) < 4.78 is 0. The van der Waals surface area contributed by atoms with Crippen molar-refractivity contribution in [1.29, 1.82) is 0 Å². The molecule has 0 heterocycles. The molecule has 1 aliphatic carbocycles. The predicted octanol–water partition coefficient (Wildman–Crippen LogP) is 11.6. The molecule has 0 amide bonds. The second-order valence-corrected chi connectivity index (χ2v) is 8.91. The maximum absolute atomic E-state index is 2.48. The zero-order chi connectivity index (χ0) is 30.3. The summed E-state index contributed by atoms with van der Waals surface area (Å²) in [7, 11) is 0. The molecule has 216 valence electrons. The largest absolute Gasteiger partial charge is 0.372 e. The van der Waals surface area contributed by atoms with Crippen LogP contribution in [0.2, 0.25) is 0 Å². The zero-order valence-electron chi connectivity index (χ0n) is 27.5. The van der Waals surface area contributed by atoms with Gasteiger partial charge in [-0.05, 0) is 61.6 Å². The van der Waals surface area contributed by atoms with E-state index in [1.807, 2.05) is 55.4 Å². The molecule has 1 nitrogen and oxygen atoms in total. The van der Waals surface area contributed by atoms with Gasteiger partial charge in [-0.3, -0.25) is 0 Å². The van der Waals surface area contributed by atoms with Crippen LogP contribution in [-0.4, -0.2) is 13.1 Å². The van der Waals surface area contributed by atoms with E-state index < -0.39 is 0 Å². The van der Waals surface area contributed by atoms with Crippen molar-refractivity contribution in [2.75, 3.05) is 18.0 Å². The molecule has 4 aromatic rings. The molecule has 0 radical (unpaired) electrons. The zero-order valence-corrected chi connectivity index (χ0v) is 27.5. The number of benzene rings is 4. The monoisotopic (exact) mass is 537 g/mol. The number of rotatable bonds is 5. The van der Waals surface area contributed by atoms with Crippen LogP contribution in [0.3, 0.4) is 0 Å². The molecule has 1 aliphatic rings. The first-order valence-electron chi connectivity index (χ1n) is 15.7. The molecule has 0 unspecified atom stereocenters. The lowest BCUT2D eigenvalue weighted by atomic mass is 9.67. The molecule has 0 N–H and O–H groups in total. The lowest BCUT2D eigenvalue weighted by Gasteiger charge is -2.34. The second-order valence-electron chi connectivity index (χ2n) is 8.91. The first kappa shape index (κ1) is 34.7. The SMILES string of the molecule is CC.CC.CC.CC.CCN(CC)c1cccc2c1-c1ccccc1C2(c1cccc(C)c1)c1cccc(C)c1. The maximum Gasteiger partial charge on any atom is 0.0714 e. The fourth-order valence-electron chi connectivity index (χ4n) is 5.68. The molecule has 1 heteroatoms. The molecule has 0 aromatic heterocycles. The van der Waals surface area contributed by atoms with Crippen molar-refractivity contribution in [2.45, 2.75) is 88.5 Å². The Labute approximate surface area is 247 Å². The molecular formula is C39H55N. The van der Waals surface area contributed by atoms with Gasteiger partial charge >= 0.3 is 0 Å². The lowest BCUT2D eigenvalue weighted by Crippen LogP contribution is -2.29. The van der Waals surface area contributed by atoms with E-state index in [-0.39, 0.29) is 5.41 Å². The Balaban J connectivity index is 0.000000921. The normalized spacial score (nSPS) is 11.4. The van der Waals surface area contributed by atoms with E-state index in [0.717, 1.165) is 13.1 Å². The molecule has 0 aliphatic heterocycles. The maximum atomic E-state index is 2.48. The van der Waals surface area contributed by atoms with Gasteiger partial charge in [0.15, 0.2) is 0 Å². The Hall–Kier alpha value is -3.32. The quantitative estimate of drug-likeness (QED) is 0.215. The molecule has 0 atom stereocenters. The summed E-state index contributed by atoms with van der Waals surface area (Å²) in [6, 6.07) is 34.1. The van der Waals surface area contributed by atoms with E-state index >= 15 is 0 Å². The van der Waals surface area contributed by atoms with E-state index in [0.29, 0.717) is 0 Å². The highest BCUT2D eigenvalue weighted by molar-refractivity contribution is 5.93. The number of nitrogens with zero attached hydrogens (tertiary/aromatic N) is 1. The molecule has 0 spiro atoms. The van der Waals surface area contributed by atoms with Crippen LogP contribution < -0.4 is 4.90 Å². The smallest absolute Gasteiger partial charge is 0.0714 e. The van der Waals surface area contributed by atoms with Gasteiger partial charge in [0.05, 0.1) is 5.41 Å². The lowest BCUT2D eigenvalue weighted by molar-refractivity contribution is 0.765. The summed E-state index contributed by atoms with van der Waals surface area (Å²) in [6.45, 7) is 26.9. The number of aryl methyl sites for hydroxylation is 2. The highest BCUT2D eigenvalue weighted by Gasteiger charge is 2.47. The van der Waals surface area contributed by atoms with Crippen molar-refractivity contribution in [3.8, 4) is 11.1 Å². The summed E-state index contributed by atoms with van der Waals surface area (Å²) in [6.07, 6.45) is 0. The molecule has 40 heavy (non-hydrogen) atoms. The Morgan fingerprint density at radius 2 is 0.975 bits per heavy atom. The third-order valence-electron chi connectivity index (χ3n) is 7.05. The van der Waals surface area contributed by atoms with Gasteiger partial charge in [-0.2, -0.15) is 0 Å². The van der Waals surface area contributed by atoms with Gasteiger partial charge in [-0.15, -0.1) is 0 Å². The van der Waals surface area contributed by atoms with Crippen LogP contribution in [0, 0.1) is 13.8 Å². The van der Waals surface area contributed by atoms with E-state index in [1.165, 1.54) is 50.2 Å². The minimum atomic E-state index is -0.326. The van der Waals surface area contributed by atoms with Crippen LogP contribution in [0.25, 0.3) is 11.1 Å². The second kappa shape index (κ2) is 17.4. The fraction of sp³-hybridized carbons (Fsp3) is 0.385. The van der Waals surface area contributed by atoms with Crippen LogP contribution in [-0.2, 0) is 5.41 Å². The number of anilines is 1. The highest BCUT2D eigenvalue weighted by Crippen LogP contribution is 2.58. The predicted molar refractivity (Wildman–Crippen MR) is 182 cm³/mol. The van der Waals surface area contributed by atoms with Crippen LogP contribution >= 0.6 is 0 Å².